The average Bonchev–Trinajstić information content (AvgIpc) is 2.71. The number of carbonyl (C=O) groups excluding carboxylic acids is 2. The van der Waals surface area contributed by atoms with E-state index < -0.39 is 5.97 Å². The number of fused-ring (bicyclic) bond motifs is 1. The lowest BCUT2D eigenvalue weighted by molar-refractivity contribution is -0.124. The first kappa shape index (κ1) is 21.0. The number of piperidine rings is 1. The van der Waals surface area contributed by atoms with Gasteiger partial charge in [-0.3, -0.25) is 14.5 Å². The van der Waals surface area contributed by atoms with E-state index in [2.05, 4.69) is 20.2 Å². The summed E-state index contributed by atoms with van der Waals surface area (Å²) >= 11 is 0. The smallest absolute Gasteiger partial charge is 0.337 e. The van der Waals surface area contributed by atoms with Gasteiger partial charge in [0, 0.05) is 19.0 Å². The Balaban J connectivity index is 1.71. The van der Waals surface area contributed by atoms with E-state index in [9.17, 15) is 14.4 Å². The third-order valence-electron chi connectivity index (χ3n) is 5.24. The molecule has 0 spiro atoms. The van der Waals surface area contributed by atoms with Crippen LogP contribution < -0.4 is 10.9 Å². The van der Waals surface area contributed by atoms with Crippen molar-refractivity contribution in [3.05, 3.63) is 39.9 Å². The highest BCUT2D eigenvalue weighted by molar-refractivity contribution is 5.93. The molecular weight excluding hydrogens is 372 g/mol. The number of likely N-dealkylation sites (tertiary alicyclic amines) is 1. The number of aromatic amines is 1. The van der Waals surface area contributed by atoms with Crippen LogP contribution in [0.25, 0.3) is 10.9 Å². The summed E-state index contributed by atoms with van der Waals surface area (Å²) in [4.78, 5) is 45.6. The van der Waals surface area contributed by atoms with Crippen molar-refractivity contribution >= 4 is 22.8 Å². The summed E-state index contributed by atoms with van der Waals surface area (Å²) in [6.07, 6.45) is 2.10. The molecule has 8 nitrogen and oxygen atoms in total. The van der Waals surface area contributed by atoms with Crippen molar-refractivity contribution in [1.29, 1.82) is 0 Å². The minimum atomic E-state index is -0.460. The molecule has 1 aromatic carbocycles. The highest BCUT2D eigenvalue weighted by atomic mass is 16.5. The van der Waals surface area contributed by atoms with Crippen LogP contribution in [0.4, 0.5) is 0 Å². The quantitative estimate of drug-likeness (QED) is 0.715. The van der Waals surface area contributed by atoms with Crippen LogP contribution in [0.2, 0.25) is 0 Å². The van der Waals surface area contributed by atoms with Gasteiger partial charge in [0.2, 0.25) is 5.91 Å². The molecule has 2 heterocycles. The van der Waals surface area contributed by atoms with Crippen molar-refractivity contribution in [3.8, 4) is 0 Å². The van der Waals surface area contributed by atoms with Gasteiger partial charge in [-0.25, -0.2) is 9.78 Å². The molecule has 3 rings (SSSR count). The molecule has 8 heteroatoms. The summed E-state index contributed by atoms with van der Waals surface area (Å²) in [6, 6.07) is 4.73. The molecule has 1 aliphatic heterocycles. The first-order valence-corrected chi connectivity index (χ1v) is 9.98. The molecule has 1 unspecified atom stereocenters. The maximum atomic E-state index is 12.4. The molecule has 1 amide bonds. The van der Waals surface area contributed by atoms with E-state index in [0.717, 1.165) is 25.9 Å². The molecule has 1 atom stereocenters. The standard InChI is InChI=1S/C21H28N4O4/c1-13(2)19(26)22-10-14-5-4-8-25(11-14)12-18-23-17-9-15(21(28)29-3)6-7-16(17)20(27)24-18/h6-7,9,13-14H,4-5,8,10-12H2,1-3H3,(H,22,26)(H,23,24,27). The zero-order valence-electron chi connectivity index (χ0n) is 17.2. The SMILES string of the molecule is COC(=O)c1ccc2c(=O)[nH]c(CN3CCCC(CNC(=O)C(C)C)C3)nc2c1. The number of benzene rings is 1. The van der Waals surface area contributed by atoms with Crippen molar-refractivity contribution < 1.29 is 14.3 Å². The van der Waals surface area contributed by atoms with Gasteiger partial charge in [-0.1, -0.05) is 13.8 Å². The van der Waals surface area contributed by atoms with E-state index in [1.165, 1.54) is 7.11 Å². The molecule has 2 aromatic rings. The van der Waals surface area contributed by atoms with Crippen molar-refractivity contribution in [2.75, 3.05) is 26.7 Å². The minimum absolute atomic E-state index is 0.0172. The molecule has 1 aromatic heterocycles. The largest absolute Gasteiger partial charge is 0.465 e. The predicted molar refractivity (Wildman–Crippen MR) is 110 cm³/mol. The van der Waals surface area contributed by atoms with Gasteiger partial charge in [-0.15, -0.1) is 0 Å². The second-order valence-corrected chi connectivity index (χ2v) is 7.88. The Labute approximate surface area is 169 Å². The van der Waals surface area contributed by atoms with Crippen molar-refractivity contribution in [3.63, 3.8) is 0 Å². The number of ether oxygens (including phenoxy) is 1. The number of rotatable bonds is 6. The van der Waals surface area contributed by atoms with Crippen LogP contribution in [0.15, 0.2) is 23.0 Å². The molecule has 0 bridgehead atoms. The van der Waals surface area contributed by atoms with Gasteiger partial charge < -0.3 is 15.0 Å². The van der Waals surface area contributed by atoms with Gasteiger partial charge in [0.15, 0.2) is 0 Å². The minimum Gasteiger partial charge on any atom is -0.465 e. The maximum Gasteiger partial charge on any atom is 0.337 e. The lowest BCUT2D eigenvalue weighted by atomic mass is 9.97. The van der Waals surface area contributed by atoms with Crippen molar-refractivity contribution in [1.82, 2.24) is 20.2 Å². The zero-order valence-corrected chi connectivity index (χ0v) is 17.2. The van der Waals surface area contributed by atoms with Crippen LogP contribution in [0.3, 0.4) is 0 Å². The number of nitrogens with zero attached hydrogens (tertiary/aromatic N) is 2. The lowest BCUT2D eigenvalue weighted by Gasteiger charge is -2.32. The number of nitrogens with one attached hydrogen (secondary N) is 2. The fraction of sp³-hybridized carbons (Fsp3) is 0.524. The first-order chi connectivity index (χ1) is 13.9. The molecule has 0 aliphatic carbocycles. The van der Waals surface area contributed by atoms with Crippen LogP contribution in [-0.4, -0.2) is 53.5 Å². The van der Waals surface area contributed by atoms with E-state index >= 15 is 0 Å². The van der Waals surface area contributed by atoms with Crippen molar-refractivity contribution in [2.45, 2.75) is 33.2 Å². The summed E-state index contributed by atoms with van der Waals surface area (Å²) < 4.78 is 4.74. The van der Waals surface area contributed by atoms with Gasteiger partial charge >= 0.3 is 5.97 Å². The van der Waals surface area contributed by atoms with E-state index in [-0.39, 0.29) is 17.4 Å². The Bertz CT molecular complexity index is 953. The third-order valence-corrected chi connectivity index (χ3v) is 5.24. The number of hydrogen-bond donors (Lipinski definition) is 2. The zero-order chi connectivity index (χ0) is 21.0. The summed E-state index contributed by atoms with van der Waals surface area (Å²) in [5.74, 6) is 0.541. The van der Waals surface area contributed by atoms with Crippen LogP contribution >= 0.6 is 0 Å². The van der Waals surface area contributed by atoms with E-state index in [4.69, 9.17) is 4.74 Å². The third kappa shape index (κ3) is 5.20. The van der Waals surface area contributed by atoms with Crippen LogP contribution in [0, 0.1) is 11.8 Å². The topological polar surface area (TPSA) is 104 Å². The van der Waals surface area contributed by atoms with E-state index in [1.54, 1.807) is 18.2 Å². The lowest BCUT2D eigenvalue weighted by Crippen LogP contribution is -2.41. The predicted octanol–water partition coefficient (Wildman–Crippen LogP) is 1.69. The number of methoxy groups -OCH3 is 1. The number of amides is 1. The number of aromatic nitrogens is 2. The molecular formula is C21H28N4O4. The van der Waals surface area contributed by atoms with Crippen LogP contribution in [0.5, 0.6) is 0 Å². The average molecular weight is 400 g/mol. The van der Waals surface area contributed by atoms with Gasteiger partial charge in [0.05, 0.1) is 30.1 Å². The van der Waals surface area contributed by atoms with E-state index in [0.29, 0.717) is 41.3 Å². The monoisotopic (exact) mass is 400 g/mol. The highest BCUT2D eigenvalue weighted by Gasteiger charge is 2.22. The Kier molecular flexibility index (Phi) is 6.64. The fourth-order valence-corrected chi connectivity index (χ4v) is 3.63. The van der Waals surface area contributed by atoms with Gasteiger partial charge in [-0.2, -0.15) is 0 Å². The van der Waals surface area contributed by atoms with E-state index in [1.807, 2.05) is 13.8 Å². The molecule has 29 heavy (non-hydrogen) atoms. The Morgan fingerprint density at radius 1 is 1.38 bits per heavy atom. The Hall–Kier alpha value is -2.74. The molecule has 156 valence electrons. The number of hydrogen-bond acceptors (Lipinski definition) is 6. The van der Waals surface area contributed by atoms with Crippen LogP contribution in [-0.2, 0) is 16.1 Å². The summed E-state index contributed by atoms with van der Waals surface area (Å²) in [6.45, 7) is 6.70. The number of H-pyrrole nitrogens is 1. The Morgan fingerprint density at radius 2 is 2.17 bits per heavy atom. The first-order valence-electron chi connectivity index (χ1n) is 9.98. The molecule has 1 saturated heterocycles. The normalized spacial score (nSPS) is 17.4. The molecule has 2 N–H and O–H groups in total. The number of carbonyl (C=O) groups is 2. The second kappa shape index (κ2) is 9.17. The Morgan fingerprint density at radius 3 is 2.90 bits per heavy atom. The summed E-state index contributed by atoms with van der Waals surface area (Å²) in [5.41, 5.74) is 0.617. The van der Waals surface area contributed by atoms with Gasteiger partial charge in [0.1, 0.15) is 5.82 Å². The molecule has 1 aliphatic rings. The second-order valence-electron chi connectivity index (χ2n) is 7.88. The number of esters is 1. The molecule has 1 fully saturated rings. The summed E-state index contributed by atoms with van der Waals surface area (Å²) in [5, 5.41) is 3.45. The van der Waals surface area contributed by atoms with Crippen molar-refractivity contribution in [2.24, 2.45) is 11.8 Å². The summed E-state index contributed by atoms with van der Waals surface area (Å²) in [7, 11) is 1.32. The maximum absolute atomic E-state index is 12.4. The van der Waals surface area contributed by atoms with Gasteiger partial charge in [-0.05, 0) is 43.5 Å². The van der Waals surface area contributed by atoms with Crippen LogP contribution in [0.1, 0.15) is 42.9 Å². The fourth-order valence-electron chi connectivity index (χ4n) is 3.63. The molecule has 0 saturated carbocycles. The molecule has 0 radical (unpaired) electrons. The van der Waals surface area contributed by atoms with Gasteiger partial charge in [0.25, 0.3) is 5.56 Å². The highest BCUT2D eigenvalue weighted by Crippen LogP contribution is 2.18.